The Kier molecular flexibility index (Phi) is 6.51. The first-order chi connectivity index (χ1) is 6.90. The Morgan fingerprint density at radius 2 is 1.53 bits per heavy atom. The van der Waals surface area contributed by atoms with Gasteiger partial charge in [0.2, 0.25) is 6.08 Å². The zero-order valence-electron chi connectivity index (χ0n) is 10.9. The van der Waals surface area contributed by atoms with Gasteiger partial charge in [-0.05, 0) is 30.1 Å². The lowest BCUT2D eigenvalue weighted by Gasteiger charge is -2.30. The van der Waals surface area contributed by atoms with Gasteiger partial charge in [-0.1, -0.05) is 41.5 Å². The summed E-state index contributed by atoms with van der Waals surface area (Å²) >= 11 is 0. The quantitative estimate of drug-likeness (QED) is 0.487. The van der Waals surface area contributed by atoms with Crippen molar-refractivity contribution in [3.63, 3.8) is 0 Å². The lowest BCUT2D eigenvalue weighted by molar-refractivity contribution is 0.230. The summed E-state index contributed by atoms with van der Waals surface area (Å²) < 4.78 is 0. The smallest absolute Gasteiger partial charge is 0.211 e. The lowest BCUT2D eigenvalue weighted by atomic mass is 9.78. The van der Waals surface area contributed by atoms with Gasteiger partial charge in [-0.3, -0.25) is 0 Å². The predicted molar refractivity (Wildman–Crippen MR) is 64.5 cm³/mol. The van der Waals surface area contributed by atoms with E-state index in [-0.39, 0.29) is 6.04 Å². The highest BCUT2D eigenvalue weighted by atomic mass is 16.1. The molecule has 2 heteroatoms. The Bertz CT molecular complexity index is 215. The molecule has 0 aromatic carbocycles. The molecule has 0 amide bonds. The summed E-state index contributed by atoms with van der Waals surface area (Å²) in [5.41, 5.74) is 0. The Hall–Kier alpha value is -0.620. The molecule has 0 N–H and O–H groups in total. The molecule has 15 heavy (non-hydrogen) atoms. The van der Waals surface area contributed by atoms with Crippen LogP contribution in [0, 0.1) is 23.7 Å². The van der Waals surface area contributed by atoms with Gasteiger partial charge in [0.15, 0.2) is 0 Å². The van der Waals surface area contributed by atoms with Crippen molar-refractivity contribution < 1.29 is 4.79 Å². The first-order valence-electron chi connectivity index (χ1n) is 5.97. The summed E-state index contributed by atoms with van der Waals surface area (Å²) in [7, 11) is 0. The molecule has 2 unspecified atom stereocenters. The maximum absolute atomic E-state index is 10.4. The summed E-state index contributed by atoms with van der Waals surface area (Å²) in [5, 5.41) is 0. The molecule has 0 fully saturated rings. The molecule has 0 radical (unpaired) electrons. The number of aliphatic imine (C=N–C) groups is 1. The van der Waals surface area contributed by atoms with Crippen LogP contribution in [0.2, 0.25) is 0 Å². The second-order valence-electron chi connectivity index (χ2n) is 5.49. The molecule has 0 saturated heterocycles. The van der Waals surface area contributed by atoms with Crippen molar-refractivity contribution >= 4 is 6.08 Å². The van der Waals surface area contributed by atoms with Gasteiger partial charge in [0.25, 0.3) is 0 Å². The molecule has 0 aliphatic rings. The summed E-state index contributed by atoms with van der Waals surface area (Å²) in [6.07, 6.45) is 2.86. The van der Waals surface area contributed by atoms with Crippen LogP contribution in [0.25, 0.3) is 0 Å². The fourth-order valence-corrected chi connectivity index (χ4v) is 2.15. The van der Waals surface area contributed by atoms with Crippen molar-refractivity contribution in [3.05, 3.63) is 0 Å². The van der Waals surface area contributed by atoms with Crippen molar-refractivity contribution in [3.8, 4) is 0 Å². The van der Waals surface area contributed by atoms with Gasteiger partial charge in [0.05, 0.1) is 6.04 Å². The number of hydrogen-bond acceptors (Lipinski definition) is 2. The molecule has 0 rings (SSSR count). The van der Waals surface area contributed by atoms with Crippen LogP contribution in [0.1, 0.15) is 48.0 Å². The van der Waals surface area contributed by atoms with E-state index in [2.05, 4.69) is 46.5 Å². The highest BCUT2D eigenvalue weighted by Crippen LogP contribution is 2.29. The molecular formula is C13H25NO. The van der Waals surface area contributed by atoms with E-state index >= 15 is 0 Å². The maximum atomic E-state index is 10.4. The lowest BCUT2D eigenvalue weighted by Crippen LogP contribution is -2.29. The summed E-state index contributed by atoms with van der Waals surface area (Å²) in [5.74, 6) is 2.13. The minimum atomic E-state index is 0.130. The van der Waals surface area contributed by atoms with E-state index in [9.17, 15) is 4.79 Å². The van der Waals surface area contributed by atoms with Gasteiger partial charge in [0, 0.05) is 0 Å². The van der Waals surface area contributed by atoms with E-state index in [1.807, 2.05) is 0 Å². The third-order valence-electron chi connectivity index (χ3n) is 2.92. The molecule has 0 bridgehead atoms. The summed E-state index contributed by atoms with van der Waals surface area (Å²) in [6, 6.07) is 0.130. The van der Waals surface area contributed by atoms with E-state index < -0.39 is 0 Å². The van der Waals surface area contributed by atoms with Crippen LogP contribution in [0.3, 0.4) is 0 Å². The van der Waals surface area contributed by atoms with Crippen LogP contribution < -0.4 is 0 Å². The molecule has 0 aromatic rings. The average molecular weight is 211 g/mol. The number of carbonyl (C=O) groups excluding carboxylic acids is 1. The summed E-state index contributed by atoms with van der Waals surface area (Å²) in [6.45, 7) is 13.1. The predicted octanol–water partition coefficient (Wildman–Crippen LogP) is 3.67. The van der Waals surface area contributed by atoms with E-state index in [1.165, 1.54) is 0 Å². The van der Waals surface area contributed by atoms with Gasteiger partial charge >= 0.3 is 0 Å². The van der Waals surface area contributed by atoms with Gasteiger partial charge in [0.1, 0.15) is 0 Å². The Labute approximate surface area is 94.2 Å². The molecule has 2 atom stereocenters. The highest BCUT2D eigenvalue weighted by molar-refractivity contribution is 5.33. The van der Waals surface area contributed by atoms with Crippen molar-refractivity contribution in [2.75, 3.05) is 0 Å². The first-order valence-corrected chi connectivity index (χ1v) is 5.97. The Morgan fingerprint density at radius 1 is 1.00 bits per heavy atom. The van der Waals surface area contributed by atoms with E-state index in [1.54, 1.807) is 6.08 Å². The van der Waals surface area contributed by atoms with Crippen molar-refractivity contribution in [2.45, 2.75) is 54.0 Å². The molecule has 2 nitrogen and oxygen atoms in total. The fourth-order valence-electron chi connectivity index (χ4n) is 2.15. The van der Waals surface area contributed by atoms with Gasteiger partial charge in [-0.15, -0.1) is 0 Å². The van der Waals surface area contributed by atoms with E-state index in [0.717, 1.165) is 6.42 Å². The molecule has 0 heterocycles. The zero-order valence-corrected chi connectivity index (χ0v) is 10.9. The van der Waals surface area contributed by atoms with Crippen molar-refractivity contribution in [2.24, 2.45) is 28.7 Å². The zero-order chi connectivity index (χ0) is 12.0. The molecular weight excluding hydrogens is 186 g/mol. The molecule has 88 valence electrons. The number of hydrogen-bond donors (Lipinski definition) is 0. The largest absolute Gasteiger partial charge is 0.235 e. The highest BCUT2D eigenvalue weighted by Gasteiger charge is 2.27. The first kappa shape index (κ1) is 14.4. The van der Waals surface area contributed by atoms with E-state index in [4.69, 9.17) is 0 Å². The SMILES string of the molecule is CC(C)CC(C(C)C)C(N=C=O)C(C)C. The van der Waals surface area contributed by atoms with Crippen LogP contribution in [0.5, 0.6) is 0 Å². The molecule has 0 aliphatic heterocycles. The second-order valence-corrected chi connectivity index (χ2v) is 5.49. The standard InChI is InChI=1S/C13H25NO/c1-9(2)7-12(10(3)4)13(11(5)6)14-8-15/h9-13H,7H2,1-6H3. The third kappa shape index (κ3) is 5.13. The Morgan fingerprint density at radius 3 is 1.80 bits per heavy atom. The fraction of sp³-hybridized carbons (Fsp3) is 0.923. The van der Waals surface area contributed by atoms with Crippen molar-refractivity contribution in [1.82, 2.24) is 0 Å². The van der Waals surface area contributed by atoms with E-state index in [0.29, 0.717) is 23.7 Å². The Balaban J connectivity index is 4.75. The third-order valence-corrected chi connectivity index (χ3v) is 2.92. The van der Waals surface area contributed by atoms with Crippen LogP contribution in [-0.2, 0) is 4.79 Å². The average Bonchev–Trinajstić information content (AvgIpc) is 2.09. The van der Waals surface area contributed by atoms with Crippen LogP contribution in [0.4, 0.5) is 0 Å². The van der Waals surface area contributed by atoms with Crippen LogP contribution in [0.15, 0.2) is 4.99 Å². The molecule has 0 spiro atoms. The van der Waals surface area contributed by atoms with Crippen LogP contribution in [-0.4, -0.2) is 12.1 Å². The molecule has 0 aliphatic carbocycles. The minimum absolute atomic E-state index is 0.130. The number of isocyanates is 1. The van der Waals surface area contributed by atoms with Gasteiger partial charge in [-0.25, -0.2) is 9.79 Å². The topological polar surface area (TPSA) is 29.4 Å². The summed E-state index contributed by atoms with van der Waals surface area (Å²) in [4.78, 5) is 14.4. The molecule has 0 aromatic heterocycles. The minimum Gasteiger partial charge on any atom is -0.211 e. The normalized spacial score (nSPS) is 15.5. The number of rotatable bonds is 6. The molecule has 0 saturated carbocycles. The monoisotopic (exact) mass is 211 g/mol. The van der Waals surface area contributed by atoms with Crippen molar-refractivity contribution in [1.29, 1.82) is 0 Å². The van der Waals surface area contributed by atoms with Gasteiger partial charge < -0.3 is 0 Å². The number of nitrogens with zero attached hydrogens (tertiary/aromatic N) is 1. The van der Waals surface area contributed by atoms with Gasteiger partial charge in [-0.2, -0.15) is 0 Å². The maximum Gasteiger partial charge on any atom is 0.235 e. The van der Waals surface area contributed by atoms with Crippen LogP contribution >= 0.6 is 0 Å². The second kappa shape index (κ2) is 6.79.